The van der Waals surface area contributed by atoms with E-state index in [1.54, 1.807) is 7.11 Å². The predicted molar refractivity (Wildman–Crippen MR) is 97.9 cm³/mol. The van der Waals surface area contributed by atoms with Gasteiger partial charge in [-0.1, -0.05) is 19.3 Å². The molecule has 3 N–H and O–H groups in total. The lowest BCUT2D eigenvalue weighted by atomic mass is 9.72. The summed E-state index contributed by atoms with van der Waals surface area (Å²) in [7, 11) is 1.63. The number of nitrogens with two attached hydrogens (primary N) is 1. The summed E-state index contributed by atoms with van der Waals surface area (Å²) in [5.41, 5.74) is 5.94. The van der Waals surface area contributed by atoms with Crippen LogP contribution in [0.5, 0.6) is 11.5 Å². The molecule has 0 radical (unpaired) electrons. The van der Waals surface area contributed by atoms with Crippen LogP contribution in [0.3, 0.4) is 0 Å². The first kappa shape index (κ1) is 20.6. The Kier molecular flexibility index (Phi) is 8.93. The topological polar surface area (TPSA) is 73.6 Å². The van der Waals surface area contributed by atoms with Gasteiger partial charge in [-0.15, -0.1) is 12.4 Å². The molecule has 0 bridgehead atoms. The number of hydrogen-bond donors (Lipinski definition) is 2. The zero-order valence-electron chi connectivity index (χ0n) is 14.4. The monoisotopic (exact) mass is 356 g/mol. The van der Waals surface area contributed by atoms with Crippen LogP contribution in [0, 0.1) is 5.41 Å². The Bertz CT molecular complexity index is 488. The van der Waals surface area contributed by atoms with Gasteiger partial charge in [0.1, 0.15) is 18.1 Å². The highest BCUT2D eigenvalue weighted by Crippen LogP contribution is 2.38. The van der Waals surface area contributed by atoms with Crippen molar-refractivity contribution in [3.05, 3.63) is 24.3 Å². The number of nitrogens with one attached hydrogen (secondary N) is 1. The van der Waals surface area contributed by atoms with Crippen LogP contribution in [0.15, 0.2) is 24.3 Å². The molecular weight excluding hydrogens is 328 g/mol. The maximum absolute atomic E-state index is 12.1. The molecule has 0 aliphatic heterocycles. The van der Waals surface area contributed by atoms with E-state index in [1.165, 1.54) is 19.3 Å². The fourth-order valence-electron chi connectivity index (χ4n) is 3.19. The number of halogens is 1. The smallest absolute Gasteiger partial charge is 0.220 e. The lowest BCUT2D eigenvalue weighted by molar-refractivity contribution is -0.124. The number of methoxy groups -OCH3 is 1. The Morgan fingerprint density at radius 1 is 1.17 bits per heavy atom. The summed E-state index contributed by atoms with van der Waals surface area (Å²) in [6.45, 7) is 1.56. The Morgan fingerprint density at radius 2 is 1.79 bits per heavy atom. The highest BCUT2D eigenvalue weighted by atomic mass is 35.5. The van der Waals surface area contributed by atoms with Gasteiger partial charge in [-0.2, -0.15) is 0 Å². The number of carbonyl (C=O) groups excluding carboxylic acids is 1. The third-order valence-electron chi connectivity index (χ3n) is 4.64. The average molecular weight is 357 g/mol. The van der Waals surface area contributed by atoms with E-state index in [2.05, 4.69) is 5.32 Å². The molecule has 1 aliphatic rings. The summed E-state index contributed by atoms with van der Waals surface area (Å²) in [4.78, 5) is 12.1. The lowest BCUT2D eigenvalue weighted by Crippen LogP contribution is -2.39. The van der Waals surface area contributed by atoms with Crippen LogP contribution in [0.2, 0.25) is 0 Å². The number of benzene rings is 1. The molecule has 5 nitrogen and oxygen atoms in total. The molecular formula is C18H29ClN2O3. The molecule has 2 rings (SSSR count). The Morgan fingerprint density at radius 3 is 2.38 bits per heavy atom. The number of ether oxygens (including phenoxy) is 2. The fraction of sp³-hybridized carbons (Fsp3) is 0.611. The molecule has 1 aromatic rings. The van der Waals surface area contributed by atoms with Crippen molar-refractivity contribution in [3.8, 4) is 11.5 Å². The summed E-state index contributed by atoms with van der Waals surface area (Å²) in [5, 5.41) is 2.94. The van der Waals surface area contributed by atoms with Crippen molar-refractivity contribution in [2.24, 2.45) is 11.1 Å². The summed E-state index contributed by atoms with van der Waals surface area (Å²) < 4.78 is 10.7. The van der Waals surface area contributed by atoms with Crippen LogP contribution in [0.4, 0.5) is 0 Å². The van der Waals surface area contributed by atoms with Crippen molar-refractivity contribution in [1.29, 1.82) is 0 Å². The second-order valence-electron chi connectivity index (χ2n) is 6.32. The van der Waals surface area contributed by atoms with Crippen molar-refractivity contribution < 1.29 is 14.3 Å². The summed E-state index contributed by atoms with van der Waals surface area (Å²) in [5.74, 6) is 1.65. The first-order chi connectivity index (χ1) is 11.2. The van der Waals surface area contributed by atoms with Crippen molar-refractivity contribution >= 4 is 18.3 Å². The van der Waals surface area contributed by atoms with Gasteiger partial charge in [0.15, 0.2) is 0 Å². The first-order valence-corrected chi connectivity index (χ1v) is 8.41. The molecule has 0 aromatic heterocycles. The molecule has 1 amide bonds. The van der Waals surface area contributed by atoms with E-state index in [-0.39, 0.29) is 23.7 Å². The van der Waals surface area contributed by atoms with Crippen LogP contribution >= 0.6 is 12.4 Å². The van der Waals surface area contributed by atoms with Gasteiger partial charge >= 0.3 is 0 Å². The number of rotatable bonds is 8. The minimum atomic E-state index is 0. The van der Waals surface area contributed by atoms with E-state index < -0.39 is 0 Å². The number of amides is 1. The van der Waals surface area contributed by atoms with E-state index in [0.717, 1.165) is 24.3 Å². The van der Waals surface area contributed by atoms with Gasteiger partial charge in [-0.3, -0.25) is 4.79 Å². The number of hydrogen-bond acceptors (Lipinski definition) is 4. The van der Waals surface area contributed by atoms with Crippen molar-refractivity contribution in [2.45, 2.75) is 38.5 Å². The second-order valence-corrected chi connectivity index (χ2v) is 6.32. The zero-order valence-corrected chi connectivity index (χ0v) is 15.2. The summed E-state index contributed by atoms with van der Waals surface area (Å²) >= 11 is 0. The zero-order chi connectivity index (χ0) is 16.5. The molecule has 1 saturated carbocycles. The number of carbonyl (C=O) groups is 1. The maximum atomic E-state index is 12.1. The van der Waals surface area contributed by atoms with Crippen LogP contribution in [0.1, 0.15) is 38.5 Å². The molecule has 0 atom stereocenters. The van der Waals surface area contributed by atoms with Gasteiger partial charge in [0.2, 0.25) is 5.91 Å². The van der Waals surface area contributed by atoms with Crippen molar-refractivity contribution in [1.82, 2.24) is 5.32 Å². The normalized spacial score (nSPS) is 15.9. The maximum Gasteiger partial charge on any atom is 0.220 e. The van der Waals surface area contributed by atoms with E-state index >= 15 is 0 Å². The van der Waals surface area contributed by atoms with E-state index in [0.29, 0.717) is 26.1 Å². The fourth-order valence-corrected chi connectivity index (χ4v) is 3.19. The van der Waals surface area contributed by atoms with E-state index in [1.807, 2.05) is 24.3 Å². The van der Waals surface area contributed by atoms with Crippen LogP contribution in [-0.4, -0.2) is 32.7 Å². The third kappa shape index (κ3) is 6.21. The lowest BCUT2D eigenvalue weighted by Gasteiger charge is -2.35. The third-order valence-corrected chi connectivity index (χ3v) is 4.64. The largest absolute Gasteiger partial charge is 0.497 e. The second kappa shape index (κ2) is 10.4. The quantitative estimate of drug-likeness (QED) is 0.702. The molecule has 1 aliphatic carbocycles. The van der Waals surface area contributed by atoms with Crippen LogP contribution in [-0.2, 0) is 4.79 Å². The van der Waals surface area contributed by atoms with Gasteiger partial charge in [0.25, 0.3) is 0 Å². The van der Waals surface area contributed by atoms with Crippen LogP contribution < -0.4 is 20.5 Å². The summed E-state index contributed by atoms with van der Waals surface area (Å²) in [6, 6.07) is 7.40. The van der Waals surface area contributed by atoms with Gasteiger partial charge in [0.05, 0.1) is 13.7 Å². The van der Waals surface area contributed by atoms with E-state index in [9.17, 15) is 4.79 Å². The molecule has 0 heterocycles. The average Bonchev–Trinajstić information content (AvgIpc) is 2.60. The molecule has 24 heavy (non-hydrogen) atoms. The Hall–Kier alpha value is -1.46. The summed E-state index contributed by atoms with van der Waals surface area (Å²) in [6.07, 6.45) is 6.31. The minimum absolute atomic E-state index is 0. The highest BCUT2D eigenvalue weighted by Gasteiger charge is 2.32. The molecule has 0 saturated heterocycles. The predicted octanol–water partition coefficient (Wildman–Crippen LogP) is 2.91. The molecule has 0 spiro atoms. The minimum Gasteiger partial charge on any atom is -0.497 e. The van der Waals surface area contributed by atoms with Crippen molar-refractivity contribution in [3.63, 3.8) is 0 Å². The molecule has 0 unspecified atom stereocenters. The first-order valence-electron chi connectivity index (χ1n) is 8.41. The highest BCUT2D eigenvalue weighted by molar-refractivity contribution is 5.85. The molecule has 6 heteroatoms. The molecule has 1 aromatic carbocycles. The Labute approximate surface area is 150 Å². The molecule has 1 fully saturated rings. The van der Waals surface area contributed by atoms with Crippen LogP contribution in [0.25, 0.3) is 0 Å². The van der Waals surface area contributed by atoms with Crippen molar-refractivity contribution in [2.75, 3.05) is 26.8 Å². The Balaban J connectivity index is 0.00000288. The van der Waals surface area contributed by atoms with E-state index in [4.69, 9.17) is 15.2 Å². The SMILES string of the molecule is COc1ccc(OCCNC(=O)CC2(CN)CCCCC2)cc1.Cl. The van der Waals surface area contributed by atoms with Gasteiger partial charge < -0.3 is 20.5 Å². The van der Waals surface area contributed by atoms with Gasteiger partial charge in [-0.05, 0) is 49.1 Å². The van der Waals surface area contributed by atoms with Gasteiger partial charge in [-0.25, -0.2) is 0 Å². The molecule has 136 valence electrons. The van der Waals surface area contributed by atoms with Gasteiger partial charge in [0, 0.05) is 6.42 Å². The standard InChI is InChI=1S/C18H28N2O3.ClH/c1-22-15-5-7-16(8-6-15)23-12-11-20-17(21)13-18(14-19)9-3-2-4-10-18;/h5-8H,2-4,9-14,19H2,1H3,(H,20,21);1H.